The highest BCUT2D eigenvalue weighted by atomic mass is 32.2. The number of nitrogen functional groups attached to an aromatic ring is 1. The van der Waals surface area contributed by atoms with E-state index in [4.69, 9.17) is 10.6 Å². The topological polar surface area (TPSA) is 147 Å². The first-order chi connectivity index (χ1) is 13.3. The lowest BCUT2D eigenvalue weighted by molar-refractivity contribution is -0.150. The molecule has 3 heterocycles. The summed E-state index contributed by atoms with van der Waals surface area (Å²) in [6.45, 7) is 4.18. The second kappa shape index (κ2) is 8.19. The van der Waals surface area contributed by atoms with Crippen LogP contribution in [0.25, 0.3) is 0 Å². The van der Waals surface area contributed by atoms with Crippen molar-refractivity contribution >= 4 is 51.7 Å². The Balaban J connectivity index is 1.75. The van der Waals surface area contributed by atoms with Crippen molar-refractivity contribution in [1.82, 2.24) is 15.2 Å². The Morgan fingerprint density at radius 3 is 2.89 bits per heavy atom. The van der Waals surface area contributed by atoms with Crippen molar-refractivity contribution < 1.29 is 24.3 Å². The quantitative estimate of drug-likeness (QED) is 0.324. The Kier molecular flexibility index (Phi) is 5.89. The highest BCUT2D eigenvalue weighted by molar-refractivity contribution is 8.00. The van der Waals surface area contributed by atoms with E-state index in [1.54, 1.807) is 5.38 Å². The molecule has 2 aliphatic rings. The summed E-state index contributed by atoms with van der Waals surface area (Å²) in [4.78, 5) is 46.9. The van der Waals surface area contributed by atoms with Gasteiger partial charge >= 0.3 is 5.97 Å². The highest BCUT2D eigenvalue weighted by Crippen LogP contribution is 2.37. The summed E-state index contributed by atoms with van der Waals surface area (Å²) in [5, 5.41) is 17.1. The van der Waals surface area contributed by atoms with Gasteiger partial charge in [0.25, 0.3) is 11.8 Å². The Morgan fingerprint density at radius 1 is 1.54 bits per heavy atom. The van der Waals surface area contributed by atoms with Crippen molar-refractivity contribution in [2.24, 2.45) is 11.1 Å². The zero-order chi connectivity index (χ0) is 20.4. The van der Waals surface area contributed by atoms with Crippen LogP contribution in [0.4, 0.5) is 5.13 Å². The third kappa shape index (κ3) is 3.97. The van der Waals surface area contributed by atoms with Crippen molar-refractivity contribution in [1.29, 1.82) is 0 Å². The van der Waals surface area contributed by atoms with Gasteiger partial charge in [0.1, 0.15) is 29.4 Å². The van der Waals surface area contributed by atoms with Crippen LogP contribution in [0.5, 0.6) is 0 Å². The van der Waals surface area contributed by atoms with Crippen molar-refractivity contribution in [3.05, 3.63) is 22.8 Å². The monoisotopic (exact) mass is 425 g/mol. The lowest BCUT2D eigenvalue weighted by atomic mass is 10.0. The van der Waals surface area contributed by atoms with Gasteiger partial charge in [-0.3, -0.25) is 14.5 Å². The first kappa shape index (κ1) is 20.1. The Morgan fingerprint density at radius 2 is 2.29 bits per heavy atom. The van der Waals surface area contributed by atoms with E-state index >= 15 is 0 Å². The minimum atomic E-state index is -1.18. The van der Waals surface area contributed by atoms with Gasteiger partial charge in [0.15, 0.2) is 10.8 Å². The number of anilines is 1. The Hall–Kier alpha value is -2.60. The maximum absolute atomic E-state index is 12.8. The van der Waals surface area contributed by atoms with E-state index in [0.717, 1.165) is 11.3 Å². The van der Waals surface area contributed by atoms with Gasteiger partial charge in [0.05, 0.1) is 0 Å². The molecule has 4 N–H and O–H groups in total. The number of carbonyl (C=O) groups is 3. The van der Waals surface area contributed by atoms with Gasteiger partial charge in [0, 0.05) is 11.1 Å². The number of thiazole rings is 1. The molecule has 0 radical (unpaired) electrons. The number of hydrogen-bond acceptors (Lipinski definition) is 9. The van der Waals surface area contributed by atoms with E-state index in [1.807, 2.05) is 13.8 Å². The molecule has 2 atom stereocenters. The van der Waals surface area contributed by atoms with Crippen LogP contribution in [0.2, 0.25) is 0 Å². The minimum Gasteiger partial charge on any atom is -0.477 e. The third-order valence-electron chi connectivity index (χ3n) is 3.90. The number of amides is 2. The summed E-state index contributed by atoms with van der Waals surface area (Å²) in [5.41, 5.74) is 5.73. The maximum atomic E-state index is 12.8. The maximum Gasteiger partial charge on any atom is 0.352 e. The van der Waals surface area contributed by atoms with Gasteiger partial charge in [-0.05, 0) is 12.0 Å². The van der Waals surface area contributed by atoms with Gasteiger partial charge in [-0.25, -0.2) is 9.78 Å². The molecule has 1 saturated heterocycles. The number of thioether (sulfide) groups is 1. The molecular weight excluding hydrogens is 406 g/mol. The zero-order valence-corrected chi connectivity index (χ0v) is 16.7. The molecule has 150 valence electrons. The number of rotatable bonds is 7. The van der Waals surface area contributed by atoms with E-state index < -0.39 is 29.2 Å². The predicted molar refractivity (Wildman–Crippen MR) is 105 cm³/mol. The molecule has 0 aromatic carbocycles. The Bertz CT molecular complexity index is 865. The normalized spacial score (nSPS) is 21.7. The molecule has 28 heavy (non-hydrogen) atoms. The summed E-state index contributed by atoms with van der Waals surface area (Å²) < 4.78 is 0. The summed E-state index contributed by atoms with van der Waals surface area (Å²) in [7, 11) is 0. The van der Waals surface area contributed by atoms with Crippen LogP contribution in [0.3, 0.4) is 0 Å². The molecule has 3 rings (SSSR count). The van der Waals surface area contributed by atoms with Gasteiger partial charge in [-0.15, -0.1) is 23.1 Å². The van der Waals surface area contributed by atoms with E-state index in [1.165, 1.54) is 22.7 Å². The van der Waals surface area contributed by atoms with Crippen LogP contribution in [0.15, 0.2) is 22.3 Å². The van der Waals surface area contributed by atoms with Crippen molar-refractivity contribution in [3.8, 4) is 0 Å². The minimum absolute atomic E-state index is 0.0688. The van der Waals surface area contributed by atoms with Crippen molar-refractivity contribution in [2.75, 3.05) is 18.1 Å². The molecule has 1 aromatic rings. The zero-order valence-electron chi connectivity index (χ0n) is 15.1. The number of carbonyl (C=O) groups excluding carboxylic acids is 2. The van der Waals surface area contributed by atoms with Crippen LogP contribution >= 0.6 is 23.1 Å². The fraction of sp³-hybridized carbons (Fsp3) is 0.438. The second-order valence-electron chi connectivity index (χ2n) is 6.48. The fourth-order valence-electron chi connectivity index (χ4n) is 2.60. The van der Waals surface area contributed by atoms with Crippen LogP contribution < -0.4 is 11.1 Å². The number of β-lactam (4-membered cyclic amide) rings is 1. The van der Waals surface area contributed by atoms with Crippen LogP contribution in [0.1, 0.15) is 19.5 Å². The van der Waals surface area contributed by atoms with Crippen molar-refractivity contribution in [3.63, 3.8) is 0 Å². The number of nitrogens with one attached hydrogen (secondary N) is 1. The lowest BCUT2D eigenvalue weighted by Gasteiger charge is -2.48. The number of aromatic nitrogens is 1. The molecule has 2 amide bonds. The van der Waals surface area contributed by atoms with Gasteiger partial charge < -0.3 is 21.0 Å². The van der Waals surface area contributed by atoms with Gasteiger partial charge in [-0.2, -0.15) is 0 Å². The summed E-state index contributed by atoms with van der Waals surface area (Å²) in [6.07, 6.45) is 1.48. The van der Waals surface area contributed by atoms with Crippen LogP contribution in [-0.2, 0) is 19.2 Å². The van der Waals surface area contributed by atoms with E-state index in [2.05, 4.69) is 15.5 Å². The smallest absolute Gasteiger partial charge is 0.352 e. The Labute approximate surface area is 168 Å². The molecular formula is C16H19N5O5S2. The number of nitrogens with zero attached hydrogens (tertiary/aromatic N) is 3. The summed E-state index contributed by atoms with van der Waals surface area (Å²) in [6, 6.07) is -0.855. The number of aliphatic carboxylic acids is 1. The molecule has 1 fully saturated rings. The standard InChI is InChI=1S/C16H19N5O5S2/c1-7(2)5-26-20-10(8-6-28-16(17)18-8)12(22)19-11-13(23)21-9(15(24)25)3-4-27-14(11)21/h3,6-7,11,14H,4-5H2,1-2H3,(H2,17,18)(H,19,22)(H,24,25)/t11?,14-/m1/s1. The molecule has 0 aliphatic carbocycles. The molecule has 10 nitrogen and oxygen atoms in total. The van der Waals surface area contributed by atoms with Crippen LogP contribution in [0, 0.1) is 5.92 Å². The van der Waals surface area contributed by atoms with E-state index in [-0.39, 0.29) is 28.2 Å². The van der Waals surface area contributed by atoms with Crippen LogP contribution in [-0.4, -0.2) is 62.3 Å². The highest BCUT2D eigenvalue weighted by Gasteiger charge is 2.53. The number of carboxylic acids is 1. The van der Waals surface area contributed by atoms with E-state index in [9.17, 15) is 19.5 Å². The summed E-state index contributed by atoms with van der Waals surface area (Å²) in [5.74, 6) is -1.66. The molecule has 2 aliphatic heterocycles. The first-order valence-corrected chi connectivity index (χ1v) is 10.3. The average molecular weight is 425 g/mol. The molecule has 1 aromatic heterocycles. The first-order valence-electron chi connectivity index (χ1n) is 8.40. The van der Waals surface area contributed by atoms with Crippen molar-refractivity contribution in [2.45, 2.75) is 25.3 Å². The molecule has 12 heteroatoms. The number of carboxylic acid groups (broad SMARTS) is 1. The van der Waals surface area contributed by atoms with Gasteiger partial charge in [-0.1, -0.05) is 19.0 Å². The predicted octanol–water partition coefficient (Wildman–Crippen LogP) is 0.470. The summed E-state index contributed by atoms with van der Waals surface area (Å²) >= 11 is 2.52. The van der Waals surface area contributed by atoms with E-state index in [0.29, 0.717) is 12.4 Å². The molecule has 0 spiro atoms. The molecule has 0 bridgehead atoms. The van der Waals surface area contributed by atoms with Gasteiger partial charge in [0.2, 0.25) is 0 Å². The number of fused-ring (bicyclic) bond motifs is 1. The average Bonchev–Trinajstić information content (AvgIpc) is 3.07. The largest absolute Gasteiger partial charge is 0.477 e. The fourth-order valence-corrected chi connectivity index (χ4v) is 4.34. The second-order valence-corrected chi connectivity index (χ2v) is 8.52. The number of hydrogen-bond donors (Lipinski definition) is 3. The molecule has 1 unspecified atom stereocenters. The third-order valence-corrected chi connectivity index (χ3v) is 5.75. The molecule has 0 saturated carbocycles. The lowest BCUT2D eigenvalue weighted by Crippen LogP contribution is -2.70. The number of oxime groups is 1. The SMILES string of the molecule is CC(C)CON=C(C(=O)NC1C(=O)N2C(C(=O)O)=CCS[C@H]12)c1csc(N)n1. The number of nitrogens with two attached hydrogens (primary N) is 1.